The normalized spacial score (nSPS) is 20.8. The van der Waals surface area contributed by atoms with Gasteiger partial charge in [0.1, 0.15) is 0 Å². The van der Waals surface area contributed by atoms with Crippen LogP contribution in [0.2, 0.25) is 0 Å². The lowest BCUT2D eigenvalue weighted by atomic mass is 10.1. The van der Waals surface area contributed by atoms with Crippen LogP contribution in [-0.2, 0) is 14.8 Å². The first kappa shape index (κ1) is 13.3. The molecule has 1 aromatic heterocycles. The maximum atomic E-state index is 11.8. The first-order chi connectivity index (χ1) is 8.62. The van der Waals surface area contributed by atoms with Gasteiger partial charge in [0.05, 0.1) is 6.10 Å². The third kappa shape index (κ3) is 3.18. The molecule has 1 aliphatic rings. The zero-order valence-electron chi connectivity index (χ0n) is 9.79. The van der Waals surface area contributed by atoms with Gasteiger partial charge in [0.15, 0.2) is 12.0 Å². The first-order valence-corrected chi connectivity index (χ1v) is 7.26. The number of rotatable bonds is 5. The van der Waals surface area contributed by atoms with E-state index in [-0.39, 0.29) is 23.5 Å². The Hall–Kier alpha value is -1.18. The molecule has 1 unspecified atom stereocenters. The summed E-state index contributed by atoms with van der Waals surface area (Å²) in [6.07, 6.45) is 3.28. The molecule has 7 heteroatoms. The fourth-order valence-electron chi connectivity index (χ4n) is 1.78. The lowest BCUT2D eigenvalue weighted by Crippen LogP contribution is -2.35. The second-order valence-electron chi connectivity index (χ2n) is 4.12. The summed E-state index contributed by atoms with van der Waals surface area (Å²) in [5.74, 6) is -0.00992. The fraction of sp³-hybridized carbons (Fsp3) is 0.545. The van der Waals surface area contributed by atoms with E-state index in [4.69, 9.17) is 9.15 Å². The summed E-state index contributed by atoms with van der Waals surface area (Å²) in [5.41, 5.74) is 0. The molecule has 0 aliphatic carbocycles. The maximum absolute atomic E-state index is 11.8. The van der Waals surface area contributed by atoms with Crippen LogP contribution in [0.25, 0.3) is 0 Å². The molecule has 0 radical (unpaired) electrons. The number of ether oxygens (including phenoxy) is 1. The van der Waals surface area contributed by atoms with Crippen molar-refractivity contribution in [3.05, 3.63) is 17.9 Å². The first-order valence-electron chi connectivity index (χ1n) is 5.78. The molecule has 2 heterocycles. The molecule has 1 aliphatic heterocycles. The molecule has 2 rings (SSSR count). The van der Waals surface area contributed by atoms with E-state index in [1.54, 1.807) is 0 Å². The highest BCUT2D eigenvalue weighted by Gasteiger charge is 2.21. The minimum absolute atomic E-state index is 0.00992. The summed E-state index contributed by atoms with van der Waals surface area (Å²) in [4.78, 5) is 10.4. The molecule has 1 atom stereocenters. The third-order valence-electron chi connectivity index (χ3n) is 2.76. The number of nitrogens with one attached hydrogen (secondary N) is 1. The predicted octanol–water partition coefficient (Wildman–Crippen LogP) is 0.939. The molecule has 1 fully saturated rings. The Kier molecular flexibility index (Phi) is 4.15. The van der Waals surface area contributed by atoms with Gasteiger partial charge in [0.25, 0.3) is 10.0 Å². The molecule has 1 aromatic rings. The molecular formula is C11H15NO5S. The van der Waals surface area contributed by atoms with Gasteiger partial charge in [-0.2, -0.15) is 0 Å². The Morgan fingerprint density at radius 1 is 1.39 bits per heavy atom. The highest BCUT2D eigenvalue weighted by Crippen LogP contribution is 2.15. The topological polar surface area (TPSA) is 85.6 Å². The Bertz CT molecular complexity index is 501. The highest BCUT2D eigenvalue weighted by molar-refractivity contribution is 7.89. The number of carbonyl (C=O) groups excluding carboxylic acids is 1. The monoisotopic (exact) mass is 273 g/mol. The van der Waals surface area contributed by atoms with E-state index >= 15 is 0 Å². The second kappa shape index (κ2) is 5.64. The summed E-state index contributed by atoms with van der Waals surface area (Å²) in [5, 5.41) is -0.250. The highest BCUT2D eigenvalue weighted by atomic mass is 32.2. The summed E-state index contributed by atoms with van der Waals surface area (Å²) in [6.45, 7) is 0.891. The van der Waals surface area contributed by atoms with Gasteiger partial charge in [-0.15, -0.1) is 0 Å². The van der Waals surface area contributed by atoms with Gasteiger partial charge in [0, 0.05) is 13.2 Å². The van der Waals surface area contributed by atoms with Gasteiger partial charge in [0.2, 0.25) is 5.09 Å². The average molecular weight is 273 g/mol. The van der Waals surface area contributed by atoms with Crippen LogP contribution in [0.5, 0.6) is 0 Å². The van der Waals surface area contributed by atoms with Crippen molar-refractivity contribution in [2.24, 2.45) is 0 Å². The molecule has 6 nitrogen and oxygen atoms in total. The second-order valence-corrected chi connectivity index (χ2v) is 5.81. The SMILES string of the molecule is O=Cc1ccc(S(=O)(=O)NCC2CCCCO2)o1. The van der Waals surface area contributed by atoms with Crippen LogP contribution in [0, 0.1) is 0 Å². The summed E-state index contributed by atoms with van der Waals surface area (Å²) >= 11 is 0. The third-order valence-corrected chi connectivity index (χ3v) is 4.05. The zero-order valence-corrected chi connectivity index (χ0v) is 10.6. The van der Waals surface area contributed by atoms with E-state index in [9.17, 15) is 13.2 Å². The summed E-state index contributed by atoms with van der Waals surface area (Å²) < 4.78 is 36.4. The summed E-state index contributed by atoms with van der Waals surface area (Å²) in [6, 6.07) is 2.58. The van der Waals surface area contributed by atoms with Crippen LogP contribution in [-0.4, -0.2) is 34.0 Å². The van der Waals surface area contributed by atoms with Crippen molar-refractivity contribution < 1.29 is 22.4 Å². The van der Waals surface area contributed by atoms with E-state index in [2.05, 4.69) is 4.72 Å². The fourth-order valence-corrected chi connectivity index (χ4v) is 2.79. The molecule has 18 heavy (non-hydrogen) atoms. The molecule has 0 aromatic carbocycles. The van der Waals surface area contributed by atoms with Gasteiger partial charge >= 0.3 is 0 Å². The quantitative estimate of drug-likeness (QED) is 0.807. The minimum Gasteiger partial charge on any atom is -0.440 e. The van der Waals surface area contributed by atoms with Crippen molar-refractivity contribution in [3.8, 4) is 0 Å². The molecule has 1 saturated heterocycles. The smallest absolute Gasteiger partial charge is 0.274 e. The van der Waals surface area contributed by atoms with Crippen LogP contribution in [0.4, 0.5) is 0 Å². The molecule has 100 valence electrons. The van der Waals surface area contributed by atoms with Gasteiger partial charge in [-0.25, -0.2) is 13.1 Å². The maximum Gasteiger partial charge on any atom is 0.274 e. The van der Waals surface area contributed by atoms with Crippen LogP contribution >= 0.6 is 0 Å². The van der Waals surface area contributed by atoms with Crippen molar-refractivity contribution >= 4 is 16.3 Å². The molecule has 0 saturated carbocycles. The lowest BCUT2D eigenvalue weighted by Gasteiger charge is -2.22. The molecule has 0 spiro atoms. The van der Waals surface area contributed by atoms with E-state index in [1.807, 2.05) is 0 Å². The van der Waals surface area contributed by atoms with E-state index in [0.717, 1.165) is 19.3 Å². The Labute approximate surface area is 105 Å². The van der Waals surface area contributed by atoms with Crippen molar-refractivity contribution in [3.63, 3.8) is 0 Å². The van der Waals surface area contributed by atoms with Gasteiger partial charge in [-0.05, 0) is 31.4 Å². The number of sulfonamides is 1. The molecule has 0 amide bonds. The molecular weight excluding hydrogens is 258 g/mol. The summed E-state index contributed by atoms with van der Waals surface area (Å²) in [7, 11) is -3.70. The minimum atomic E-state index is -3.70. The van der Waals surface area contributed by atoms with Crippen molar-refractivity contribution in [1.82, 2.24) is 4.72 Å². The Morgan fingerprint density at radius 3 is 2.83 bits per heavy atom. The van der Waals surface area contributed by atoms with Gasteiger partial charge in [-0.1, -0.05) is 0 Å². The standard InChI is InChI=1S/C11H15NO5S/c13-8-10-4-5-11(17-10)18(14,15)12-7-9-3-1-2-6-16-9/h4-5,8-9,12H,1-3,6-7H2. The van der Waals surface area contributed by atoms with E-state index < -0.39 is 10.0 Å². The number of carbonyl (C=O) groups is 1. The van der Waals surface area contributed by atoms with Crippen molar-refractivity contribution in [1.29, 1.82) is 0 Å². The van der Waals surface area contributed by atoms with Gasteiger partial charge < -0.3 is 9.15 Å². The Balaban J connectivity index is 1.96. The van der Waals surface area contributed by atoms with Gasteiger partial charge in [-0.3, -0.25) is 4.79 Å². The Morgan fingerprint density at radius 2 is 2.22 bits per heavy atom. The van der Waals surface area contributed by atoms with E-state index in [0.29, 0.717) is 12.9 Å². The molecule has 1 N–H and O–H groups in total. The van der Waals surface area contributed by atoms with E-state index in [1.165, 1.54) is 12.1 Å². The number of aldehydes is 1. The van der Waals surface area contributed by atoms with Crippen LogP contribution < -0.4 is 4.72 Å². The van der Waals surface area contributed by atoms with Crippen molar-refractivity contribution in [2.45, 2.75) is 30.5 Å². The number of hydrogen-bond acceptors (Lipinski definition) is 5. The predicted molar refractivity (Wildman–Crippen MR) is 62.9 cm³/mol. The van der Waals surface area contributed by atoms with Crippen LogP contribution in [0.3, 0.4) is 0 Å². The average Bonchev–Trinajstić information content (AvgIpc) is 2.87. The van der Waals surface area contributed by atoms with Crippen LogP contribution in [0.15, 0.2) is 21.6 Å². The largest absolute Gasteiger partial charge is 0.440 e. The van der Waals surface area contributed by atoms with Crippen molar-refractivity contribution in [2.75, 3.05) is 13.2 Å². The lowest BCUT2D eigenvalue weighted by molar-refractivity contribution is 0.0200. The van der Waals surface area contributed by atoms with Crippen LogP contribution in [0.1, 0.15) is 29.8 Å². The number of furan rings is 1. The zero-order chi connectivity index (χ0) is 13.0. The molecule has 0 bridgehead atoms. The number of hydrogen-bond donors (Lipinski definition) is 1.